The van der Waals surface area contributed by atoms with Gasteiger partial charge in [-0.1, -0.05) is 30.3 Å². The van der Waals surface area contributed by atoms with Crippen molar-refractivity contribution in [1.82, 2.24) is 4.90 Å². The zero-order chi connectivity index (χ0) is 16.5. The van der Waals surface area contributed by atoms with E-state index < -0.39 is 0 Å². The third kappa shape index (κ3) is 3.13. The molecule has 126 valence electrons. The lowest BCUT2D eigenvalue weighted by atomic mass is 10.0. The Kier molecular flexibility index (Phi) is 4.42. The van der Waals surface area contributed by atoms with Crippen molar-refractivity contribution >= 4 is 17.2 Å². The van der Waals surface area contributed by atoms with Crippen LogP contribution in [-0.2, 0) is 4.79 Å². The molecule has 1 aromatic carbocycles. The number of hydrogen-bond acceptors (Lipinski definition) is 3. The molecule has 1 aromatic heterocycles. The van der Waals surface area contributed by atoms with Crippen LogP contribution in [0.25, 0.3) is 10.4 Å². The van der Waals surface area contributed by atoms with E-state index in [9.17, 15) is 4.79 Å². The fraction of sp³-hybridized carbons (Fsp3) is 0.450. The molecule has 2 heterocycles. The van der Waals surface area contributed by atoms with Gasteiger partial charge in [0.05, 0.1) is 0 Å². The monoisotopic (exact) mass is 340 g/mol. The van der Waals surface area contributed by atoms with Gasteiger partial charge in [-0.3, -0.25) is 4.79 Å². The molecule has 3 unspecified atom stereocenters. The van der Waals surface area contributed by atoms with Gasteiger partial charge in [0, 0.05) is 29.9 Å². The van der Waals surface area contributed by atoms with Crippen LogP contribution in [0.4, 0.5) is 0 Å². The van der Waals surface area contributed by atoms with Gasteiger partial charge in [-0.2, -0.15) is 0 Å². The zero-order valence-electron chi connectivity index (χ0n) is 13.9. The van der Waals surface area contributed by atoms with Crippen molar-refractivity contribution in [3.8, 4) is 10.4 Å². The summed E-state index contributed by atoms with van der Waals surface area (Å²) in [4.78, 5) is 16.3. The predicted molar refractivity (Wildman–Crippen MR) is 99.0 cm³/mol. The van der Waals surface area contributed by atoms with Crippen LogP contribution < -0.4 is 5.73 Å². The molecule has 3 atom stereocenters. The Hall–Kier alpha value is -1.65. The molecule has 1 saturated carbocycles. The number of nitrogens with zero attached hydrogens (tertiary/aromatic N) is 1. The molecule has 0 radical (unpaired) electrons. The first-order valence-electron chi connectivity index (χ1n) is 8.91. The summed E-state index contributed by atoms with van der Waals surface area (Å²) in [5, 5.41) is 2.16. The third-order valence-corrected chi connectivity index (χ3v) is 6.30. The van der Waals surface area contributed by atoms with Gasteiger partial charge in [0.25, 0.3) is 0 Å². The van der Waals surface area contributed by atoms with Gasteiger partial charge in [-0.25, -0.2) is 0 Å². The summed E-state index contributed by atoms with van der Waals surface area (Å²) in [5.74, 6) is 0.923. The van der Waals surface area contributed by atoms with Crippen molar-refractivity contribution in [1.29, 1.82) is 0 Å². The molecular weight excluding hydrogens is 316 g/mol. The van der Waals surface area contributed by atoms with E-state index in [-0.39, 0.29) is 12.0 Å². The maximum atomic E-state index is 12.9. The molecule has 4 rings (SSSR count). The Labute approximate surface area is 147 Å². The van der Waals surface area contributed by atoms with Crippen molar-refractivity contribution in [2.45, 2.75) is 37.6 Å². The normalized spacial score (nSPS) is 26.9. The summed E-state index contributed by atoms with van der Waals surface area (Å²) < 4.78 is 0. The first kappa shape index (κ1) is 15.9. The lowest BCUT2D eigenvalue weighted by Crippen LogP contribution is -2.34. The summed E-state index contributed by atoms with van der Waals surface area (Å²) in [5.41, 5.74) is 8.66. The molecule has 1 aliphatic carbocycles. The Bertz CT molecular complexity index is 711. The topological polar surface area (TPSA) is 46.3 Å². The average Bonchev–Trinajstić information content (AvgIpc) is 3.31. The summed E-state index contributed by atoms with van der Waals surface area (Å²) in [6.07, 6.45) is 4.02. The number of rotatable bonds is 3. The van der Waals surface area contributed by atoms with E-state index in [4.69, 9.17) is 5.73 Å². The van der Waals surface area contributed by atoms with E-state index in [2.05, 4.69) is 40.6 Å². The minimum absolute atomic E-state index is 0.177. The number of carbonyl (C=O) groups is 1. The van der Waals surface area contributed by atoms with Crippen molar-refractivity contribution in [2.24, 2.45) is 11.7 Å². The van der Waals surface area contributed by atoms with Gasteiger partial charge >= 0.3 is 0 Å². The molecule has 24 heavy (non-hydrogen) atoms. The minimum Gasteiger partial charge on any atom is -0.342 e. The number of benzene rings is 1. The van der Waals surface area contributed by atoms with Crippen molar-refractivity contribution in [3.63, 3.8) is 0 Å². The van der Waals surface area contributed by atoms with E-state index >= 15 is 0 Å². The van der Waals surface area contributed by atoms with Gasteiger partial charge in [0.15, 0.2) is 0 Å². The second kappa shape index (κ2) is 6.69. The van der Waals surface area contributed by atoms with Crippen molar-refractivity contribution in [2.75, 3.05) is 13.1 Å². The van der Waals surface area contributed by atoms with Crippen LogP contribution in [0.5, 0.6) is 0 Å². The zero-order valence-corrected chi connectivity index (χ0v) is 14.7. The average molecular weight is 340 g/mol. The van der Waals surface area contributed by atoms with Crippen LogP contribution >= 0.6 is 11.3 Å². The number of likely N-dealkylation sites (tertiary alicyclic amines) is 1. The molecule has 1 aliphatic heterocycles. The first-order chi connectivity index (χ1) is 11.7. The third-order valence-electron chi connectivity index (χ3n) is 5.32. The second-order valence-electron chi connectivity index (χ2n) is 7.04. The van der Waals surface area contributed by atoms with Gasteiger partial charge < -0.3 is 10.6 Å². The van der Waals surface area contributed by atoms with Crippen LogP contribution in [0.2, 0.25) is 0 Å². The highest BCUT2D eigenvalue weighted by atomic mass is 32.1. The lowest BCUT2D eigenvalue weighted by molar-refractivity contribution is -0.132. The standard InChI is InChI=1S/C20H24N2OS/c21-15-7-4-10-22(11-8-15)20(23)18-13-17(18)16-9-12-24-19(16)14-5-2-1-3-6-14/h1-3,5-6,9,12,15,17-18H,4,7-8,10-11,13,21H2. The van der Waals surface area contributed by atoms with E-state index in [1.54, 1.807) is 11.3 Å². The molecule has 0 spiro atoms. The van der Waals surface area contributed by atoms with E-state index in [1.807, 2.05) is 6.07 Å². The quantitative estimate of drug-likeness (QED) is 0.922. The van der Waals surface area contributed by atoms with Gasteiger partial charge in [0.2, 0.25) is 5.91 Å². The Balaban J connectivity index is 1.47. The van der Waals surface area contributed by atoms with Gasteiger partial charge in [-0.15, -0.1) is 11.3 Å². The van der Waals surface area contributed by atoms with Crippen LogP contribution in [-0.4, -0.2) is 29.9 Å². The maximum absolute atomic E-state index is 12.9. The molecule has 0 bridgehead atoms. The lowest BCUT2D eigenvalue weighted by Gasteiger charge is -2.20. The predicted octanol–water partition coefficient (Wildman–Crippen LogP) is 3.86. The van der Waals surface area contributed by atoms with E-state index in [0.29, 0.717) is 11.8 Å². The van der Waals surface area contributed by atoms with Crippen molar-refractivity contribution < 1.29 is 4.79 Å². The fourth-order valence-electron chi connectivity index (χ4n) is 3.82. The molecule has 2 fully saturated rings. The SMILES string of the molecule is NC1CCCN(C(=O)C2CC2c2ccsc2-c2ccccc2)CC1. The number of amides is 1. The first-order valence-corrected chi connectivity index (χ1v) is 9.79. The fourth-order valence-corrected chi connectivity index (χ4v) is 4.80. The van der Waals surface area contributed by atoms with Gasteiger partial charge in [0.1, 0.15) is 0 Å². The summed E-state index contributed by atoms with van der Waals surface area (Å²) in [6.45, 7) is 1.71. The smallest absolute Gasteiger partial charge is 0.226 e. The minimum atomic E-state index is 0.177. The number of thiophene rings is 1. The Morgan fingerprint density at radius 3 is 2.79 bits per heavy atom. The van der Waals surface area contributed by atoms with Crippen LogP contribution in [0.1, 0.15) is 37.2 Å². The highest BCUT2D eigenvalue weighted by molar-refractivity contribution is 7.13. The molecule has 4 heteroatoms. The number of hydrogen-bond donors (Lipinski definition) is 1. The highest BCUT2D eigenvalue weighted by Gasteiger charge is 2.47. The summed E-state index contributed by atoms with van der Waals surface area (Å²) >= 11 is 1.78. The highest BCUT2D eigenvalue weighted by Crippen LogP contribution is 2.52. The molecule has 2 aromatic rings. The summed E-state index contributed by atoms with van der Waals surface area (Å²) in [6, 6.07) is 13.0. The molecular formula is C20H24N2OS. The Morgan fingerprint density at radius 2 is 1.96 bits per heavy atom. The molecule has 1 amide bonds. The summed E-state index contributed by atoms with van der Waals surface area (Å²) in [7, 11) is 0. The molecule has 2 aliphatic rings. The molecule has 3 nitrogen and oxygen atoms in total. The van der Waals surface area contributed by atoms with Crippen LogP contribution in [0.15, 0.2) is 41.8 Å². The second-order valence-corrected chi connectivity index (χ2v) is 7.95. The van der Waals surface area contributed by atoms with Crippen LogP contribution in [0, 0.1) is 5.92 Å². The van der Waals surface area contributed by atoms with E-state index in [0.717, 1.165) is 38.8 Å². The number of carbonyl (C=O) groups excluding carboxylic acids is 1. The maximum Gasteiger partial charge on any atom is 0.226 e. The Morgan fingerprint density at radius 1 is 1.12 bits per heavy atom. The molecule has 2 N–H and O–H groups in total. The van der Waals surface area contributed by atoms with Crippen molar-refractivity contribution in [3.05, 3.63) is 47.3 Å². The number of nitrogens with two attached hydrogens (primary N) is 1. The van der Waals surface area contributed by atoms with E-state index in [1.165, 1.54) is 16.0 Å². The molecule has 1 saturated heterocycles. The largest absolute Gasteiger partial charge is 0.342 e. The van der Waals surface area contributed by atoms with Crippen LogP contribution in [0.3, 0.4) is 0 Å². The van der Waals surface area contributed by atoms with Gasteiger partial charge in [-0.05, 0) is 54.2 Å².